The maximum Gasteiger partial charge on any atom is 0.341 e. The van der Waals surface area contributed by atoms with Gasteiger partial charge in [-0.2, -0.15) is 4.68 Å². The van der Waals surface area contributed by atoms with Crippen molar-refractivity contribution in [2.75, 3.05) is 51.0 Å². The van der Waals surface area contributed by atoms with Crippen LogP contribution in [0, 0.1) is 0 Å². The zero-order valence-corrected chi connectivity index (χ0v) is 20.1. The van der Waals surface area contributed by atoms with Crippen LogP contribution in [0.4, 0.5) is 5.69 Å². The molecule has 0 unspecified atom stereocenters. The highest BCUT2D eigenvalue weighted by molar-refractivity contribution is 5.78. The van der Waals surface area contributed by atoms with Gasteiger partial charge in [0.15, 0.2) is 6.61 Å². The maximum atomic E-state index is 12.5. The highest BCUT2D eigenvalue weighted by Crippen LogP contribution is 2.36. The lowest BCUT2D eigenvalue weighted by Gasteiger charge is -2.29. The number of hydrogen-bond acceptors (Lipinski definition) is 10. The standard InChI is InChI=1S/C25H28N6O6/c32-22(16-34-18-6-2-1-3-7-18)26-20-14-35-24-21(15-36-23(20)24)31-25(27-28-29-31)37-19-8-4-5-17(13-19)30-9-11-33-12-10-30/h1-8,13,20-21,23-24H,9-12,14-16H2,(H,26,32)/t20-,21-,23+,24+/m0/s1. The van der Waals surface area contributed by atoms with E-state index in [1.807, 2.05) is 42.5 Å². The number of carbonyl (C=O) groups is 1. The summed E-state index contributed by atoms with van der Waals surface area (Å²) in [7, 11) is 0. The number of tetrazole rings is 1. The number of anilines is 1. The van der Waals surface area contributed by atoms with Gasteiger partial charge in [0.1, 0.15) is 29.7 Å². The minimum Gasteiger partial charge on any atom is -0.484 e. The highest BCUT2D eigenvalue weighted by atomic mass is 16.6. The molecule has 1 N–H and O–H groups in total. The lowest BCUT2D eigenvalue weighted by atomic mass is 10.1. The Kier molecular flexibility index (Phi) is 6.84. The smallest absolute Gasteiger partial charge is 0.341 e. The number of carbonyl (C=O) groups excluding carboxylic acids is 1. The average molecular weight is 509 g/mol. The number of nitrogens with one attached hydrogen (secondary N) is 1. The second-order valence-electron chi connectivity index (χ2n) is 9.04. The van der Waals surface area contributed by atoms with Crippen LogP contribution < -0.4 is 19.7 Å². The van der Waals surface area contributed by atoms with E-state index in [1.54, 1.807) is 16.8 Å². The maximum absolute atomic E-state index is 12.5. The van der Waals surface area contributed by atoms with Crippen LogP contribution in [0.25, 0.3) is 0 Å². The summed E-state index contributed by atoms with van der Waals surface area (Å²) in [5.41, 5.74) is 1.05. The van der Waals surface area contributed by atoms with E-state index in [0.717, 1.165) is 18.8 Å². The Balaban J connectivity index is 1.08. The molecule has 3 aliphatic rings. The Labute approximate surface area is 213 Å². The van der Waals surface area contributed by atoms with Gasteiger partial charge in [-0.05, 0) is 34.7 Å². The van der Waals surface area contributed by atoms with E-state index < -0.39 is 0 Å². The minimum atomic E-state index is -0.328. The zero-order chi connectivity index (χ0) is 25.0. The topological polar surface area (TPSA) is 122 Å². The van der Waals surface area contributed by atoms with E-state index in [9.17, 15) is 4.79 Å². The molecule has 4 atom stereocenters. The number of hydrogen-bond donors (Lipinski definition) is 1. The number of rotatable bonds is 8. The Morgan fingerprint density at radius 2 is 1.81 bits per heavy atom. The number of ether oxygens (including phenoxy) is 5. The third-order valence-electron chi connectivity index (χ3n) is 6.67. The molecule has 1 amide bonds. The molecule has 2 aromatic carbocycles. The van der Waals surface area contributed by atoms with Gasteiger partial charge in [0, 0.05) is 24.8 Å². The molecule has 3 fully saturated rings. The van der Waals surface area contributed by atoms with Gasteiger partial charge in [-0.15, -0.1) is 0 Å². The summed E-state index contributed by atoms with van der Waals surface area (Å²) in [4.78, 5) is 14.7. The molecule has 3 aromatic rings. The lowest BCUT2D eigenvalue weighted by Crippen LogP contribution is -2.45. The van der Waals surface area contributed by atoms with Gasteiger partial charge in [0.2, 0.25) is 0 Å². The van der Waals surface area contributed by atoms with E-state index in [0.29, 0.717) is 37.9 Å². The van der Waals surface area contributed by atoms with Crippen LogP contribution in [0.3, 0.4) is 0 Å². The van der Waals surface area contributed by atoms with E-state index in [4.69, 9.17) is 23.7 Å². The molecule has 1 aromatic heterocycles. The summed E-state index contributed by atoms with van der Waals surface area (Å²) in [6.45, 7) is 3.63. The number of amides is 1. The Morgan fingerprint density at radius 1 is 1.00 bits per heavy atom. The fraction of sp³-hybridized carbons (Fsp3) is 0.440. The van der Waals surface area contributed by atoms with Crippen molar-refractivity contribution in [3.05, 3.63) is 54.6 Å². The Bertz CT molecular complexity index is 1200. The van der Waals surface area contributed by atoms with Gasteiger partial charge >= 0.3 is 6.01 Å². The predicted molar refractivity (Wildman–Crippen MR) is 130 cm³/mol. The van der Waals surface area contributed by atoms with Gasteiger partial charge in [-0.3, -0.25) is 4.79 Å². The third kappa shape index (κ3) is 5.22. The van der Waals surface area contributed by atoms with E-state index in [-0.39, 0.29) is 42.8 Å². The number of fused-ring (bicyclic) bond motifs is 1. The van der Waals surface area contributed by atoms with Crippen molar-refractivity contribution in [2.24, 2.45) is 0 Å². The lowest BCUT2D eigenvalue weighted by molar-refractivity contribution is -0.124. The van der Waals surface area contributed by atoms with Crippen LogP contribution in [0.2, 0.25) is 0 Å². The van der Waals surface area contributed by atoms with Crippen molar-refractivity contribution in [1.82, 2.24) is 25.5 Å². The minimum absolute atomic E-state index is 0.0875. The summed E-state index contributed by atoms with van der Waals surface area (Å²) in [6.07, 6.45) is -0.654. The van der Waals surface area contributed by atoms with Crippen LogP contribution in [-0.2, 0) is 19.0 Å². The summed E-state index contributed by atoms with van der Waals surface area (Å²) in [6, 6.07) is 16.7. The predicted octanol–water partition coefficient (Wildman–Crippen LogP) is 1.20. The van der Waals surface area contributed by atoms with Crippen molar-refractivity contribution in [2.45, 2.75) is 24.3 Å². The fourth-order valence-electron chi connectivity index (χ4n) is 4.86. The molecular weight excluding hydrogens is 480 g/mol. The van der Waals surface area contributed by atoms with Crippen molar-refractivity contribution in [3.63, 3.8) is 0 Å². The first-order valence-corrected chi connectivity index (χ1v) is 12.3. The van der Waals surface area contributed by atoms with Crippen molar-refractivity contribution >= 4 is 11.6 Å². The van der Waals surface area contributed by atoms with Gasteiger partial charge < -0.3 is 33.9 Å². The molecular formula is C25H28N6O6. The largest absolute Gasteiger partial charge is 0.484 e. The molecule has 0 spiro atoms. The molecule has 0 bridgehead atoms. The molecule has 0 radical (unpaired) electrons. The summed E-state index contributed by atoms with van der Waals surface area (Å²) < 4.78 is 30.7. The van der Waals surface area contributed by atoms with E-state index >= 15 is 0 Å². The average Bonchev–Trinajstić information content (AvgIpc) is 3.67. The van der Waals surface area contributed by atoms with Crippen LogP contribution >= 0.6 is 0 Å². The number of benzene rings is 2. The first-order chi connectivity index (χ1) is 18.2. The highest BCUT2D eigenvalue weighted by Gasteiger charge is 2.50. The van der Waals surface area contributed by atoms with Gasteiger partial charge in [0.25, 0.3) is 5.91 Å². The van der Waals surface area contributed by atoms with Crippen LogP contribution in [0.1, 0.15) is 6.04 Å². The summed E-state index contributed by atoms with van der Waals surface area (Å²) in [5.74, 6) is 1.03. The summed E-state index contributed by atoms with van der Waals surface area (Å²) in [5, 5.41) is 15.0. The quantitative estimate of drug-likeness (QED) is 0.475. The third-order valence-corrected chi connectivity index (χ3v) is 6.67. The molecule has 12 heteroatoms. The van der Waals surface area contributed by atoms with Crippen LogP contribution in [0.15, 0.2) is 54.6 Å². The number of nitrogens with zero attached hydrogens (tertiary/aromatic N) is 5. The van der Waals surface area contributed by atoms with E-state index in [2.05, 4.69) is 25.7 Å². The molecule has 37 heavy (non-hydrogen) atoms. The zero-order valence-electron chi connectivity index (χ0n) is 20.1. The second-order valence-corrected chi connectivity index (χ2v) is 9.04. The normalized spacial score (nSPS) is 25.0. The first kappa shape index (κ1) is 23.6. The SMILES string of the molecule is O=C(COc1ccccc1)N[C@H]1CO[C@H]2[C@@H]1OC[C@@H]2n1nnnc1Oc1cccc(N2CCOCC2)c1. The van der Waals surface area contributed by atoms with Crippen molar-refractivity contribution < 1.29 is 28.5 Å². The van der Waals surface area contributed by atoms with Crippen LogP contribution in [-0.4, -0.2) is 90.5 Å². The second kappa shape index (κ2) is 10.7. The monoisotopic (exact) mass is 508 g/mol. The molecule has 3 aliphatic heterocycles. The Morgan fingerprint density at radius 3 is 2.68 bits per heavy atom. The first-order valence-electron chi connectivity index (χ1n) is 12.3. The molecule has 0 saturated carbocycles. The molecule has 4 heterocycles. The van der Waals surface area contributed by atoms with Gasteiger partial charge in [0.05, 0.1) is 32.5 Å². The van der Waals surface area contributed by atoms with Crippen LogP contribution in [0.5, 0.6) is 17.5 Å². The number of para-hydroxylation sites is 1. The molecule has 3 saturated heterocycles. The fourth-order valence-corrected chi connectivity index (χ4v) is 4.86. The number of morpholine rings is 1. The molecule has 0 aliphatic carbocycles. The van der Waals surface area contributed by atoms with E-state index in [1.165, 1.54) is 0 Å². The molecule has 194 valence electrons. The van der Waals surface area contributed by atoms with Gasteiger partial charge in [-0.25, -0.2) is 0 Å². The molecule has 12 nitrogen and oxygen atoms in total. The summed E-state index contributed by atoms with van der Waals surface area (Å²) >= 11 is 0. The molecule has 6 rings (SSSR count). The van der Waals surface area contributed by atoms with Gasteiger partial charge in [-0.1, -0.05) is 29.4 Å². The van der Waals surface area contributed by atoms with Crippen molar-refractivity contribution in [1.29, 1.82) is 0 Å². The number of aromatic nitrogens is 4. The Hall–Kier alpha value is -3.74. The van der Waals surface area contributed by atoms with Crippen molar-refractivity contribution in [3.8, 4) is 17.5 Å².